The molecular weight excluding hydrogens is 312 g/mol. The number of hydrogen-bond donors (Lipinski definition) is 0. The number of non-ortho nitro benzene ring substituents is 1. The van der Waals surface area contributed by atoms with E-state index in [1.165, 1.54) is 24.1 Å². The van der Waals surface area contributed by atoms with Gasteiger partial charge in [-0.05, 0) is 24.3 Å². The van der Waals surface area contributed by atoms with Crippen molar-refractivity contribution >= 4 is 23.0 Å². The highest BCUT2D eigenvalue weighted by atomic mass is 16.7. The average Bonchev–Trinajstić information content (AvgIpc) is 2.62. The lowest BCUT2D eigenvalue weighted by molar-refractivity contribution is -0.384. The minimum Gasteiger partial charge on any atom is -0.453 e. The second-order valence-corrected chi connectivity index (χ2v) is 5.03. The zero-order valence-corrected chi connectivity index (χ0v) is 12.8. The Morgan fingerprint density at radius 1 is 1.12 bits per heavy atom. The monoisotopic (exact) mass is 326 g/mol. The molecule has 0 radical (unpaired) electrons. The number of nitro benzene ring substituents is 1. The van der Waals surface area contributed by atoms with Gasteiger partial charge >= 0.3 is 5.91 Å². The number of ether oxygens (including phenoxy) is 2. The van der Waals surface area contributed by atoms with E-state index in [4.69, 9.17) is 9.47 Å². The molecule has 1 atom stereocenters. The molecule has 0 saturated heterocycles. The van der Waals surface area contributed by atoms with Gasteiger partial charge in [-0.2, -0.15) is 0 Å². The summed E-state index contributed by atoms with van der Waals surface area (Å²) >= 11 is 0. The normalized spacial score (nSPS) is 17.2. The lowest BCUT2D eigenvalue weighted by Gasteiger charge is -2.30. The predicted molar refractivity (Wildman–Crippen MR) is 86.9 cm³/mol. The van der Waals surface area contributed by atoms with Crippen molar-refractivity contribution in [3.05, 3.63) is 76.5 Å². The van der Waals surface area contributed by atoms with Crippen LogP contribution in [0.15, 0.2) is 60.8 Å². The van der Waals surface area contributed by atoms with Gasteiger partial charge in [0.05, 0.1) is 11.1 Å². The highest BCUT2D eigenvalue weighted by molar-refractivity contribution is 6.00. The summed E-state index contributed by atoms with van der Waals surface area (Å²) in [5, 5.41) is 10.8. The number of rotatable bonds is 4. The molecule has 2 aromatic rings. The van der Waals surface area contributed by atoms with Crippen LogP contribution in [0.25, 0.3) is 5.76 Å². The maximum absolute atomic E-state index is 12.4. The Balaban J connectivity index is 1.99. The van der Waals surface area contributed by atoms with E-state index < -0.39 is 11.2 Å². The van der Waals surface area contributed by atoms with E-state index in [2.05, 4.69) is 0 Å². The van der Waals surface area contributed by atoms with Gasteiger partial charge in [0, 0.05) is 30.5 Å². The predicted octanol–water partition coefficient (Wildman–Crippen LogP) is 2.93. The summed E-state index contributed by atoms with van der Waals surface area (Å²) in [6.45, 7) is 0. The molecule has 0 aromatic heterocycles. The van der Waals surface area contributed by atoms with Gasteiger partial charge in [-0.15, -0.1) is 0 Å². The van der Waals surface area contributed by atoms with Crippen molar-refractivity contribution in [2.75, 3.05) is 12.0 Å². The molecule has 3 rings (SSSR count). The number of nitrogens with zero attached hydrogens (tertiary/aromatic N) is 2. The first kappa shape index (κ1) is 15.7. The van der Waals surface area contributed by atoms with Crippen LogP contribution in [-0.4, -0.2) is 24.2 Å². The number of methoxy groups -OCH3 is 1. The van der Waals surface area contributed by atoms with Gasteiger partial charge in [0.2, 0.25) is 0 Å². The number of carbonyl (C=O) groups excluding carboxylic acids is 1. The maximum atomic E-state index is 12.4. The lowest BCUT2D eigenvalue weighted by Crippen LogP contribution is -2.42. The molecule has 0 aliphatic carbocycles. The molecule has 1 aliphatic heterocycles. The van der Waals surface area contributed by atoms with Crippen molar-refractivity contribution in [1.82, 2.24) is 0 Å². The van der Waals surface area contributed by atoms with Crippen LogP contribution < -0.4 is 4.90 Å². The van der Waals surface area contributed by atoms with Gasteiger partial charge in [0.25, 0.3) is 12.0 Å². The molecule has 1 amide bonds. The number of carbonyl (C=O) groups is 1. The third-order valence-electron chi connectivity index (χ3n) is 3.53. The van der Waals surface area contributed by atoms with Crippen molar-refractivity contribution in [3.8, 4) is 0 Å². The van der Waals surface area contributed by atoms with Crippen LogP contribution in [0.5, 0.6) is 0 Å². The van der Waals surface area contributed by atoms with Crippen molar-refractivity contribution in [2.45, 2.75) is 6.29 Å². The average molecular weight is 326 g/mol. The molecule has 0 N–H and O–H groups in total. The van der Waals surface area contributed by atoms with Crippen LogP contribution in [0, 0.1) is 10.1 Å². The smallest absolute Gasteiger partial charge is 0.300 e. The van der Waals surface area contributed by atoms with E-state index in [-0.39, 0.29) is 11.6 Å². The van der Waals surface area contributed by atoms with Crippen LogP contribution >= 0.6 is 0 Å². The van der Waals surface area contributed by atoms with Gasteiger partial charge in [0.15, 0.2) is 0 Å². The largest absolute Gasteiger partial charge is 0.453 e. The van der Waals surface area contributed by atoms with Gasteiger partial charge in [0.1, 0.15) is 5.76 Å². The topological polar surface area (TPSA) is 81.9 Å². The Morgan fingerprint density at radius 2 is 1.79 bits per heavy atom. The fourth-order valence-electron chi connectivity index (χ4n) is 2.32. The number of para-hydroxylation sites is 1. The van der Waals surface area contributed by atoms with Crippen LogP contribution in [0.2, 0.25) is 0 Å². The second kappa shape index (κ2) is 6.51. The summed E-state index contributed by atoms with van der Waals surface area (Å²) in [5.41, 5.74) is 1.26. The van der Waals surface area contributed by atoms with Crippen molar-refractivity contribution < 1.29 is 19.2 Å². The zero-order chi connectivity index (χ0) is 17.1. The Labute approximate surface area is 137 Å². The second-order valence-electron chi connectivity index (χ2n) is 5.03. The van der Waals surface area contributed by atoms with E-state index in [1.807, 2.05) is 18.2 Å². The van der Waals surface area contributed by atoms with Crippen LogP contribution in [0.4, 0.5) is 11.4 Å². The van der Waals surface area contributed by atoms with Gasteiger partial charge < -0.3 is 9.47 Å². The summed E-state index contributed by atoms with van der Waals surface area (Å²) in [6, 6.07) is 15.0. The fraction of sp³-hybridized carbons (Fsp3) is 0.118. The number of benzene rings is 2. The van der Waals surface area contributed by atoms with Crippen LogP contribution in [0.1, 0.15) is 5.56 Å². The highest BCUT2D eigenvalue weighted by Gasteiger charge is 2.32. The molecule has 0 fully saturated rings. The number of hydrogen-bond acceptors (Lipinski definition) is 5. The standard InChI is InChI=1S/C17H14N2O5/c1-23-17-16(20)18(13-5-3-2-4-6-13)11-15(24-17)12-7-9-14(10-8-12)19(21)22/h2-11,17H,1H3. The van der Waals surface area contributed by atoms with Crippen LogP contribution in [-0.2, 0) is 14.3 Å². The Morgan fingerprint density at radius 3 is 2.38 bits per heavy atom. The zero-order valence-electron chi connectivity index (χ0n) is 12.8. The molecule has 7 heteroatoms. The number of amides is 1. The van der Waals surface area contributed by atoms with Gasteiger partial charge in [-0.25, -0.2) is 0 Å². The summed E-state index contributed by atoms with van der Waals surface area (Å²) in [6.07, 6.45) is 0.467. The fourth-order valence-corrected chi connectivity index (χ4v) is 2.32. The van der Waals surface area contributed by atoms with Gasteiger partial charge in [-0.1, -0.05) is 18.2 Å². The minimum atomic E-state index is -1.08. The Hall–Kier alpha value is -3.19. The molecular formula is C17H14N2O5. The molecule has 2 aromatic carbocycles. The molecule has 1 unspecified atom stereocenters. The SMILES string of the molecule is COC1OC(c2ccc([N+](=O)[O-])cc2)=CN(c2ccccc2)C1=O. The third kappa shape index (κ3) is 2.97. The summed E-state index contributed by atoms with van der Waals surface area (Å²) in [5.74, 6) is 0.0366. The summed E-state index contributed by atoms with van der Waals surface area (Å²) in [7, 11) is 1.38. The lowest BCUT2D eigenvalue weighted by atomic mass is 10.1. The molecule has 7 nitrogen and oxygen atoms in total. The Kier molecular flexibility index (Phi) is 4.26. The molecule has 0 spiro atoms. The first-order valence-electron chi connectivity index (χ1n) is 7.14. The van der Waals surface area contributed by atoms with Gasteiger partial charge in [-0.3, -0.25) is 19.8 Å². The quantitative estimate of drug-likeness (QED) is 0.637. The molecule has 122 valence electrons. The van der Waals surface area contributed by atoms with E-state index >= 15 is 0 Å². The highest BCUT2D eigenvalue weighted by Crippen LogP contribution is 2.29. The number of nitro groups is 1. The van der Waals surface area contributed by atoms with E-state index in [0.717, 1.165) is 0 Å². The molecule has 1 heterocycles. The van der Waals surface area contributed by atoms with Crippen molar-refractivity contribution in [1.29, 1.82) is 0 Å². The molecule has 0 saturated carbocycles. The number of anilines is 1. The molecule has 24 heavy (non-hydrogen) atoms. The first-order valence-corrected chi connectivity index (χ1v) is 7.14. The van der Waals surface area contributed by atoms with Crippen molar-refractivity contribution in [3.63, 3.8) is 0 Å². The van der Waals surface area contributed by atoms with E-state index in [0.29, 0.717) is 17.0 Å². The summed E-state index contributed by atoms with van der Waals surface area (Å²) < 4.78 is 10.7. The molecule has 0 bridgehead atoms. The van der Waals surface area contributed by atoms with E-state index in [9.17, 15) is 14.9 Å². The van der Waals surface area contributed by atoms with Crippen molar-refractivity contribution in [2.24, 2.45) is 0 Å². The van der Waals surface area contributed by atoms with E-state index in [1.54, 1.807) is 30.5 Å². The molecule has 1 aliphatic rings. The first-order chi connectivity index (χ1) is 11.6. The van der Waals surface area contributed by atoms with Crippen LogP contribution in [0.3, 0.4) is 0 Å². The minimum absolute atomic E-state index is 0.0190. The summed E-state index contributed by atoms with van der Waals surface area (Å²) in [4.78, 5) is 24.1. The third-order valence-corrected chi connectivity index (χ3v) is 3.53. The Bertz CT molecular complexity index is 786. The maximum Gasteiger partial charge on any atom is 0.300 e.